The lowest BCUT2D eigenvalue weighted by Crippen LogP contribution is -2.28. The van der Waals surface area contributed by atoms with Gasteiger partial charge in [0.25, 0.3) is 0 Å². The van der Waals surface area contributed by atoms with E-state index in [2.05, 4.69) is 47.1 Å². The number of rotatable bonds is 4. The van der Waals surface area contributed by atoms with Gasteiger partial charge < -0.3 is 5.73 Å². The standard InChI is InChI=1S/C16H21N3S/c1-2-13-8-18-16(20-13)11-19-9-14(15(17)10-19)12-6-4-3-5-7-12/h3-8,14-15H,2,9-11,17H2,1H3/t14-,15+/m0/s1. The van der Waals surface area contributed by atoms with E-state index in [1.807, 2.05) is 17.5 Å². The van der Waals surface area contributed by atoms with Crippen LogP contribution in [-0.4, -0.2) is 29.0 Å². The molecule has 1 aromatic heterocycles. The molecule has 1 aromatic carbocycles. The first-order valence-electron chi connectivity index (χ1n) is 7.22. The van der Waals surface area contributed by atoms with Crippen LogP contribution in [0.2, 0.25) is 0 Å². The topological polar surface area (TPSA) is 42.2 Å². The first-order valence-corrected chi connectivity index (χ1v) is 8.04. The molecular formula is C16H21N3S. The summed E-state index contributed by atoms with van der Waals surface area (Å²) in [6.07, 6.45) is 3.08. The number of hydrogen-bond acceptors (Lipinski definition) is 4. The number of likely N-dealkylation sites (tertiary alicyclic amines) is 1. The largest absolute Gasteiger partial charge is 0.326 e. The Morgan fingerprint density at radius 2 is 2.10 bits per heavy atom. The van der Waals surface area contributed by atoms with Crippen LogP contribution >= 0.6 is 11.3 Å². The van der Waals surface area contributed by atoms with Gasteiger partial charge in [-0.25, -0.2) is 4.98 Å². The van der Waals surface area contributed by atoms with Crippen LogP contribution in [0.3, 0.4) is 0 Å². The van der Waals surface area contributed by atoms with Gasteiger partial charge in [-0.15, -0.1) is 11.3 Å². The van der Waals surface area contributed by atoms with Gasteiger partial charge in [-0.2, -0.15) is 0 Å². The Bertz CT molecular complexity index is 552. The summed E-state index contributed by atoms with van der Waals surface area (Å²) in [7, 11) is 0. The Kier molecular flexibility index (Phi) is 4.15. The molecular weight excluding hydrogens is 266 g/mol. The van der Waals surface area contributed by atoms with Crippen molar-refractivity contribution in [2.24, 2.45) is 5.73 Å². The predicted molar refractivity (Wildman–Crippen MR) is 83.9 cm³/mol. The molecule has 1 fully saturated rings. The molecule has 0 bridgehead atoms. The van der Waals surface area contributed by atoms with Crippen molar-refractivity contribution in [3.05, 3.63) is 52.0 Å². The number of nitrogens with two attached hydrogens (primary N) is 1. The molecule has 1 saturated heterocycles. The molecule has 3 rings (SSSR count). The second kappa shape index (κ2) is 6.04. The molecule has 2 N–H and O–H groups in total. The lowest BCUT2D eigenvalue weighted by atomic mass is 9.95. The van der Waals surface area contributed by atoms with Gasteiger partial charge in [0, 0.05) is 36.1 Å². The van der Waals surface area contributed by atoms with Gasteiger partial charge in [0.2, 0.25) is 0 Å². The van der Waals surface area contributed by atoms with Crippen LogP contribution in [0.4, 0.5) is 0 Å². The van der Waals surface area contributed by atoms with Crippen molar-refractivity contribution in [3.8, 4) is 0 Å². The third kappa shape index (κ3) is 2.92. The van der Waals surface area contributed by atoms with Crippen LogP contribution in [-0.2, 0) is 13.0 Å². The Morgan fingerprint density at radius 3 is 2.80 bits per heavy atom. The summed E-state index contributed by atoms with van der Waals surface area (Å²) >= 11 is 1.82. The van der Waals surface area contributed by atoms with Gasteiger partial charge in [-0.05, 0) is 12.0 Å². The monoisotopic (exact) mass is 287 g/mol. The van der Waals surface area contributed by atoms with E-state index in [0.29, 0.717) is 5.92 Å². The highest BCUT2D eigenvalue weighted by molar-refractivity contribution is 7.11. The Balaban J connectivity index is 1.66. The fourth-order valence-electron chi connectivity index (χ4n) is 2.87. The minimum absolute atomic E-state index is 0.225. The highest BCUT2D eigenvalue weighted by Gasteiger charge is 2.31. The molecule has 1 aliphatic heterocycles. The minimum atomic E-state index is 0.225. The normalized spacial score (nSPS) is 23.3. The molecule has 2 atom stereocenters. The zero-order chi connectivity index (χ0) is 13.9. The maximum absolute atomic E-state index is 6.33. The molecule has 0 amide bonds. The second-order valence-corrected chi connectivity index (χ2v) is 6.65. The number of aryl methyl sites for hydroxylation is 1. The molecule has 2 aromatic rings. The van der Waals surface area contributed by atoms with E-state index in [4.69, 9.17) is 5.73 Å². The minimum Gasteiger partial charge on any atom is -0.326 e. The summed E-state index contributed by atoms with van der Waals surface area (Å²) in [5.41, 5.74) is 7.69. The lowest BCUT2D eigenvalue weighted by Gasteiger charge is -2.14. The molecule has 0 spiro atoms. The molecule has 4 heteroatoms. The third-order valence-electron chi connectivity index (χ3n) is 3.98. The van der Waals surface area contributed by atoms with Crippen LogP contribution in [0.1, 0.15) is 28.3 Å². The van der Waals surface area contributed by atoms with Gasteiger partial charge in [0.15, 0.2) is 0 Å². The maximum Gasteiger partial charge on any atom is 0.107 e. The van der Waals surface area contributed by atoms with E-state index in [9.17, 15) is 0 Å². The van der Waals surface area contributed by atoms with Crippen LogP contribution in [0.25, 0.3) is 0 Å². The number of nitrogens with zero attached hydrogens (tertiary/aromatic N) is 2. The van der Waals surface area contributed by atoms with Crippen molar-refractivity contribution in [2.75, 3.05) is 13.1 Å². The zero-order valence-corrected chi connectivity index (χ0v) is 12.6. The van der Waals surface area contributed by atoms with Gasteiger partial charge in [0.1, 0.15) is 5.01 Å². The molecule has 20 heavy (non-hydrogen) atoms. The smallest absolute Gasteiger partial charge is 0.107 e. The fourth-order valence-corrected chi connectivity index (χ4v) is 3.78. The Hall–Kier alpha value is -1.23. The summed E-state index contributed by atoms with van der Waals surface area (Å²) in [5, 5.41) is 1.21. The van der Waals surface area contributed by atoms with Crippen molar-refractivity contribution < 1.29 is 0 Å². The maximum atomic E-state index is 6.33. The first-order chi connectivity index (χ1) is 9.76. The number of benzene rings is 1. The second-order valence-electron chi connectivity index (χ2n) is 5.45. The molecule has 2 heterocycles. The highest BCUT2D eigenvalue weighted by atomic mass is 32.1. The van der Waals surface area contributed by atoms with E-state index in [1.54, 1.807) is 0 Å². The van der Waals surface area contributed by atoms with Gasteiger partial charge >= 0.3 is 0 Å². The summed E-state index contributed by atoms with van der Waals surface area (Å²) in [4.78, 5) is 8.30. The number of aromatic nitrogens is 1. The summed E-state index contributed by atoms with van der Waals surface area (Å²) in [6.45, 7) is 5.10. The van der Waals surface area contributed by atoms with Crippen LogP contribution in [0.5, 0.6) is 0 Å². The number of hydrogen-bond donors (Lipinski definition) is 1. The predicted octanol–water partition coefficient (Wildman–Crippen LogP) is 2.63. The van der Waals surface area contributed by atoms with Gasteiger partial charge in [0.05, 0.1) is 6.54 Å². The molecule has 3 nitrogen and oxygen atoms in total. The average Bonchev–Trinajstić information content (AvgIpc) is 3.07. The van der Waals surface area contributed by atoms with Crippen molar-refractivity contribution in [1.29, 1.82) is 0 Å². The molecule has 0 saturated carbocycles. The third-order valence-corrected chi connectivity index (χ3v) is 5.10. The van der Waals surface area contributed by atoms with E-state index in [0.717, 1.165) is 26.1 Å². The van der Waals surface area contributed by atoms with Gasteiger partial charge in [-0.3, -0.25) is 4.90 Å². The number of thiazole rings is 1. The van der Waals surface area contributed by atoms with Crippen molar-refractivity contribution >= 4 is 11.3 Å². The quantitative estimate of drug-likeness (QED) is 0.940. The Morgan fingerprint density at radius 1 is 1.30 bits per heavy atom. The molecule has 106 valence electrons. The molecule has 0 unspecified atom stereocenters. The van der Waals surface area contributed by atoms with E-state index in [1.165, 1.54) is 15.4 Å². The lowest BCUT2D eigenvalue weighted by molar-refractivity contribution is 0.323. The van der Waals surface area contributed by atoms with Crippen LogP contribution in [0.15, 0.2) is 36.5 Å². The van der Waals surface area contributed by atoms with Crippen molar-refractivity contribution in [2.45, 2.75) is 31.8 Å². The average molecular weight is 287 g/mol. The van der Waals surface area contributed by atoms with Gasteiger partial charge in [-0.1, -0.05) is 37.3 Å². The highest BCUT2D eigenvalue weighted by Crippen LogP contribution is 2.28. The van der Waals surface area contributed by atoms with E-state index in [-0.39, 0.29) is 6.04 Å². The summed E-state index contributed by atoms with van der Waals surface area (Å²) in [6, 6.07) is 10.9. The van der Waals surface area contributed by atoms with Crippen molar-refractivity contribution in [1.82, 2.24) is 9.88 Å². The molecule has 1 aliphatic rings. The van der Waals surface area contributed by atoms with Crippen LogP contribution in [0, 0.1) is 0 Å². The summed E-state index contributed by atoms with van der Waals surface area (Å²) < 4.78 is 0. The fraction of sp³-hybridized carbons (Fsp3) is 0.438. The van der Waals surface area contributed by atoms with E-state index < -0.39 is 0 Å². The molecule has 0 aliphatic carbocycles. The SMILES string of the molecule is CCc1cnc(CN2C[C@@H](N)[C@H](c3ccccc3)C2)s1. The molecule has 0 radical (unpaired) electrons. The van der Waals surface area contributed by atoms with Crippen molar-refractivity contribution in [3.63, 3.8) is 0 Å². The zero-order valence-electron chi connectivity index (χ0n) is 11.8. The first kappa shape index (κ1) is 13.7. The van der Waals surface area contributed by atoms with Crippen LogP contribution < -0.4 is 5.73 Å². The van der Waals surface area contributed by atoms with E-state index >= 15 is 0 Å². The Labute approximate surface area is 124 Å². The summed E-state index contributed by atoms with van der Waals surface area (Å²) in [5.74, 6) is 0.446.